The molecule has 0 radical (unpaired) electrons. The van der Waals surface area contributed by atoms with Crippen LogP contribution in [0.5, 0.6) is 0 Å². The van der Waals surface area contributed by atoms with Gasteiger partial charge in [-0.2, -0.15) is 0 Å². The summed E-state index contributed by atoms with van der Waals surface area (Å²) < 4.78 is 0. The largest absolute Gasteiger partial charge is 0.393 e. The summed E-state index contributed by atoms with van der Waals surface area (Å²) in [5.41, 5.74) is 5.28. The van der Waals surface area contributed by atoms with Gasteiger partial charge in [0, 0.05) is 19.6 Å². The second-order valence-electron chi connectivity index (χ2n) is 7.41. The van der Waals surface area contributed by atoms with E-state index in [4.69, 9.17) is 0 Å². The zero-order chi connectivity index (χ0) is 15.8. The van der Waals surface area contributed by atoms with E-state index in [-0.39, 0.29) is 6.10 Å². The number of aryl methyl sites for hydroxylation is 1. The van der Waals surface area contributed by atoms with Gasteiger partial charge in [-0.3, -0.25) is 4.90 Å². The van der Waals surface area contributed by atoms with Crippen LogP contribution in [-0.4, -0.2) is 29.2 Å². The Balaban J connectivity index is 1.41. The second kappa shape index (κ2) is 6.10. The Morgan fingerprint density at radius 1 is 0.957 bits per heavy atom. The van der Waals surface area contributed by atoms with Gasteiger partial charge >= 0.3 is 0 Å². The normalized spacial score (nSPS) is 27.3. The molecule has 1 aliphatic carbocycles. The van der Waals surface area contributed by atoms with Gasteiger partial charge in [-0.15, -0.1) is 0 Å². The molecule has 0 amide bonds. The van der Waals surface area contributed by atoms with E-state index in [1.54, 1.807) is 0 Å². The van der Waals surface area contributed by atoms with E-state index in [0.717, 1.165) is 44.3 Å². The smallest absolute Gasteiger partial charge is 0.0546 e. The van der Waals surface area contributed by atoms with Crippen LogP contribution in [0.15, 0.2) is 48.5 Å². The van der Waals surface area contributed by atoms with E-state index in [1.807, 2.05) is 0 Å². The number of rotatable bonds is 3. The van der Waals surface area contributed by atoms with Crippen molar-refractivity contribution >= 4 is 0 Å². The molecule has 1 aliphatic heterocycles. The van der Waals surface area contributed by atoms with E-state index in [1.165, 1.54) is 22.3 Å². The second-order valence-corrected chi connectivity index (χ2v) is 7.41. The van der Waals surface area contributed by atoms with E-state index >= 15 is 0 Å². The number of aliphatic hydroxyl groups is 1. The van der Waals surface area contributed by atoms with Crippen molar-refractivity contribution in [3.63, 3.8) is 0 Å². The molecule has 3 atom stereocenters. The molecule has 2 aromatic rings. The van der Waals surface area contributed by atoms with Crippen LogP contribution in [-0.2, 0) is 6.54 Å². The summed E-state index contributed by atoms with van der Waals surface area (Å²) in [4.78, 5) is 2.56. The molecule has 23 heavy (non-hydrogen) atoms. The van der Waals surface area contributed by atoms with Crippen LogP contribution < -0.4 is 0 Å². The highest BCUT2D eigenvalue weighted by molar-refractivity contribution is 5.64. The molecule has 2 aromatic carbocycles. The lowest BCUT2D eigenvalue weighted by Crippen LogP contribution is -2.22. The quantitative estimate of drug-likeness (QED) is 0.930. The van der Waals surface area contributed by atoms with Crippen LogP contribution in [0, 0.1) is 18.8 Å². The Kier molecular flexibility index (Phi) is 3.96. The van der Waals surface area contributed by atoms with Crippen LogP contribution in [0.3, 0.4) is 0 Å². The third-order valence-corrected chi connectivity index (χ3v) is 5.51. The summed E-state index contributed by atoms with van der Waals surface area (Å²) in [6, 6.07) is 17.7. The van der Waals surface area contributed by atoms with Crippen LogP contribution in [0.1, 0.15) is 24.0 Å². The van der Waals surface area contributed by atoms with Gasteiger partial charge in [-0.25, -0.2) is 0 Å². The molecule has 2 fully saturated rings. The SMILES string of the molecule is Cc1cccc(-c2ccc(CN3C[C@H]4CC(O)C[C@H]4C3)cc2)c1. The molecule has 2 aliphatic rings. The summed E-state index contributed by atoms with van der Waals surface area (Å²) in [5.74, 6) is 1.44. The molecular formula is C21H25NO. The van der Waals surface area contributed by atoms with E-state index < -0.39 is 0 Å². The summed E-state index contributed by atoms with van der Waals surface area (Å²) in [6.07, 6.45) is 1.97. The lowest BCUT2D eigenvalue weighted by atomic mass is 10.0. The first kappa shape index (κ1) is 14.9. The molecular weight excluding hydrogens is 282 g/mol. The fourth-order valence-corrected chi connectivity index (χ4v) is 4.38. The fourth-order valence-electron chi connectivity index (χ4n) is 4.38. The molecule has 0 spiro atoms. The molecule has 120 valence electrons. The van der Waals surface area contributed by atoms with Crippen LogP contribution >= 0.6 is 0 Å². The number of fused-ring (bicyclic) bond motifs is 1. The Morgan fingerprint density at radius 2 is 1.65 bits per heavy atom. The monoisotopic (exact) mass is 307 g/mol. The minimum atomic E-state index is -0.0410. The fraction of sp³-hybridized carbons (Fsp3) is 0.429. The Morgan fingerprint density at radius 3 is 2.30 bits per heavy atom. The van der Waals surface area contributed by atoms with E-state index in [2.05, 4.69) is 60.4 Å². The first-order valence-corrected chi connectivity index (χ1v) is 8.74. The number of aliphatic hydroxyl groups excluding tert-OH is 1. The van der Waals surface area contributed by atoms with Crippen molar-refractivity contribution in [2.75, 3.05) is 13.1 Å². The van der Waals surface area contributed by atoms with Crippen molar-refractivity contribution in [1.82, 2.24) is 4.90 Å². The maximum atomic E-state index is 9.75. The molecule has 0 bridgehead atoms. The van der Waals surface area contributed by atoms with Crippen molar-refractivity contribution in [1.29, 1.82) is 0 Å². The lowest BCUT2D eigenvalue weighted by Gasteiger charge is -2.18. The zero-order valence-corrected chi connectivity index (χ0v) is 13.8. The number of nitrogens with zero attached hydrogens (tertiary/aromatic N) is 1. The number of hydrogen-bond donors (Lipinski definition) is 1. The number of hydrogen-bond acceptors (Lipinski definition) is 2. The predicted octanol–water partition coefficient (Wildman–Crippen LogP) is 3.86. The molecule has 1 heterocycles. The van der Waals surface area contributed by atoms with Gasteiger partial charge < -0.3 is 5.11 Å². The predicted molar refractivity (Wildman–Crippen MR) is 94.1 cm³/mol. The highest BCUT2D eigenvalue weighted by Gasteiger charge is 2.39. The average Bonchev–Trinajstić information content (AvgIpc) is 3.04. The van der Waals surface area contributed by atoms with E-state index in [9.17, 15) is 5.11 Å². The van der Waals surface area contributed by atoms with Gasteiger partial charge in [0.15, 0.2) is 0 Å². The summed E-state index contributed by atoms with van der Waals surface area (Å²) in [7, 11) is 0. The van der Waals surface area contributed by atoms with Crippen molar-refractivity contribution in [3.8, 4) is 11.1 Å². The standard InChI is InChI=1S/C21H25NO/c1-15-3-2-4-18(9-15)17-7-5-16(6-8-17)12-22-13-19-10-21(23)11-20(19)14-22/h2-9,19-21,23H,10-14H2,1H3/t19-,20+,21?. The topological polar surface area (TPSA) is 23.5 Å². The molecule has 2 nitrogen and oxygen atoms in total. The minimum absolute atomic E-state index is 0.0410. The van der Waals surface area contributed by atoms with Gasteiger partial charge in [-0.05, 0) is 48.3 Å². The molecule has 1 saturated heterocycles. The summed E-state index contributed by atoms with van der Waals surface area (Å²) >= 11 is 0. The first-order chi connectivity index (χ1) is 11.2. The third kappa shape index (κ3) is 3.19. The number of likely N-dealkylation sites (tertiary alicyclic amines) is 1. The molecule has 2 heteroatoms. The molecule has 0 aromatic heterocycles. The Labute approximate surface area is 138 Å². The lowest BCUT2D eigenvalue weighted by molar-refractivity contribution is 0.161. The Hall–Kier alpha value is -1.64. The maximum absolute atomic E-state index is 9.75. The van der Waals surface area contributed by atoms with Gasteiger partial charge in [0.1, 0.15) is 0 Å². The molecule has 4 rings (SSSR count). The van der Waals surface area contributed by atoms with Gasteiger partial charge in [0.25, 0.3) is 0 Å². The van der Waals surface area contributed by atoms with Crippen LogP contribution in [0.2, 0.25) is 0 Å². The maximum Gasteiger partial charge on any atom is 0.0546 e. The molecule has 1 saturated carbocycles. The molecule has 1 N–H and O–H groups in total. The zero-order valence-electron chi connectivity index (χ0n) is 13.8. The van der Waals surface area contributed by atoms with Crippen LogP contribution in [0.25, 0.3) is 11.1 Å². The highest BCUT2D eigenvalue weighted by Crippen LogP contribution is 2.38. The van der Waals surface area contributed by atoms with Crippen LogP contribution in [0.4, 0.5) is 0 Å². The number of benzene rings is 2. The van der Waals surface area contributed by atoms with Gasteiger partial charge in [0.05, 0.1) is 6.10 Å². The highest BCUT2D eigenvalue weighted by atomic mass is 16.3. The van der Waals surface area contributed by atoms with Gasteiger partial charge in [-0.1, -0.05) is 54.1 Å². The first-order valence-electron chi connectivity index (χ1n) is 8.74. The summed E-state index contributed by atoms with van der Waals surface area (Å²) in [6.45, 7) is 5.49. The van der Waals surface area contributed by atoms with E-state index in [0.29, 0.717) is 0 Å². The van der Waals surface area contributed by atoms with Gasteiger partial charge in [0.2, 0.25) is 0 Å². The average molecular weight is 307 g/mol. The summed E-state index contributed by atoms with van der Waals surface area (Å²) in [5, 5.41) is 9.75. The Bertz CT molecular complexity index is 664. The van der Waals surface area contributed by atoms with Crippen molar-refractivity contribution in [2.45, 2.75) is 32.4 Å². The molecule has 1 unspecified atom stereocenters. The van der Waals surface area contributed by atoms with Crippen molar-refractivity contribution < 1.29 is 5.11 Å². The third-order valence-electron chi connectivity index (χ3n) is 5.51. The van der Waals surface area contributed by atoms with Crippen molar-refractivity contribution in [3.05, 3.63) is 59.7 Å². The minimum Gasteiger partial charge on any atom is -0.393 e. The van der Waals surface area contributed by atoms with Crippen molar-refractivity contribution in [2.24, 2.45) is 11.8 Å².